The number of fused-ring (bicyclic) bond motifs is 6. The third kappa shape index (κ3) is 3.78. The average Bonchev–Trinajstić information content (AvgIpc) is 3.39. The van der Waals surface area contributed by atoms with E-state index >= 15 is 0 Å². The molecule has 0 amide bonds. The molecule has 0 radical (unpaired) electrons. The summed E-state index contributed by atoms with van der Waals surface area (Å²) in [4.78, 5) is 10.5. The van der Waals surface area contributed by atoms with E-state index in [1.54, 1.807) is 0 Å². The molecule has 8 aromatic rings. The van der Waals surface area contributed by atoms with Gasteiger partial charge < -0.3 is 0 Å². The van der Waals surface area contributed by atoms with Gasteiger partial charge in [-0.25, -0.2) is 0 Å². The number of hydrogen-bond acceptors (Lipinski definition) is 2. The molecule has 6 aromatic carbocycles. The topological polar surface area (TPSA) is 25.8 Å². The summed E-state index contributed by atoms with van der Waals surface area (Å²) in [6.07, 6.45) is 0. The monoisotopic (exact) mass is 612 g/mol. The summed E-state index contributed by atoms with van der Waals surface area (Å²) >= 11 is -0.392. The second kappa shape index (κ2) is 9.17. The third-order valence-electron chi connectivity index (χ3n) is 7.50. The molecule has 0 saturated carbocycles. The van der Waals surface area contributed by atoms with E-state index in [0.29, 0.717) is 0 Å². The van der Waals surface area contributed by atoms with E-state index in [-0.39, 0.29) is 0 Å². The van der Waals surface area contributed by atoms with Crippen molar-refractivity contribution in [3.8, 4) is 33.8 Å². The Morgan fingerprint density at radius 2 is 1.13 bits per heavy atom. The van der Waals surface area contributed by atoms with Crippen LogP contribution < -0.4 is 0 Å². The van der Waals surface area contributed by atoms with Crippen LogP contribution in [0.4, 0.5) is 0 Å². The molecule has 0 aliphatic heterocycles. The van der Waals surface area contributed by atoms with E-state index in [1.165, 1.54) is 34.1 Å². The maximum absolute atomic E-state index is 5.25. The number of hydrogen-bond donors (Lipinski definition) is 0. The standard InChI is InChI=1S/C36H22N2Te/c1-2-11-24(12-3-1)34-31-21-18-23-10-4-5-14-27(23)35(31)38-36(37-34)30-16-7-6-13-26(30)25-19-20-29-28-15-8-9-17-32(28)39-33(29)22-25/h1-22H. The molecule has 2 nitrogen and oxygen atoms in total. The SMILES string of the molecule is c1ccc(-c2nc(-c3ccccc3-c3ccc4c(c3)[te]c3ccccc34)nc3c2ccc2ccccc23)cc1. The van der Waals surface area contributed by atoms with Crippen LogP contribution in [0, 0.1) is 0 Å². The van der Waals surface area contributed by atoms with Crippen molar-refractivity contribution in [3.05, 3.63) is 133 Å². The van der Waals surface area contributed by atoms with Gasteiger partial charge in [-0.3, -0.25) is 0 Å². The van der Waals surface area contributed by atoms with Gasteiger partial charge in [0.15, 0.2) is 0 Å². The molecule has 0 aliphatic carbocycles. The van der Waals surface area contributed by atoms with Gasteiger partial charge in [-0.2, -0.15) is 0 Å². The van der Waals surface area contributed by atoms with Gasteiger partial charge in [-0.1, -0.05) is 0 Å². The molecule has 0 bridgehead atoms. The van der Waals surface area contributed by atoms with Crippen LogP contribution in [0.25, 0.3) is 73.0 Å². The van der Waals surface area contributed by atoms with Crippen LogP contribution in [-0.4, -0.2) is 30.4 Å². The molecule has 0 unspecified atom stereocenters. The number of aromatic nitrogens is 2. The van der Waals surface area contributed by atoms with E-state index in [4.69, 9.17) is 9.97 Å². The Bertz CT molecular complexity index is 2180. The first-order chi connectivity index (χ1) is 19.3. The summed E-state index contributed by atoms with van der Waals surface area (Å²) < 4.78 is 3.03. The van der Waals surface area contributed by atoms with Gasteiger partial charge in [0.1, 0.15) is 0 Å². The zero-order valence-corrected chi connectivity index (χ0v) is 23.3. The van der Waals surface area contributed by atoms with Crippen LogP contribution in [0.2, 0.25) is 0 Å². The minimum absolute atomic E-state index is 0.392. The van der Waals surface area contributed by atoms with Crippen molar-refractivity contribution >= 4 is 59.7 Å². The third-order valence-corrected chi connectivity index (χ3v) is 10.7. The summed E-state index contributed by atoms with van der Waals surface area (Å²) in [6, 6.07) is 47.7. The fourth-order valence-corrected chi connectivity index (χ4v) is 8.89. The predicted molar refractivity (Wildman–Crippen MR) is 165 cm³/mol. The Kier molecular flexibility index (Phi) is 5.33. The number of rotatable bonds is 3. The Morgan fingerprint density at radius 1 is 0.436 bits per heavy atom. The van der Waals surface area contributed by atoms with E-state index in [1.807, 2.05) is 6.07 Å². The molecule has 0 fully saturated rings. The number of nitrogens with zero attached hydrogens (tertiary/aromatic N) is 2. The van der Waals surface area contributed by atoms with Crippen LogP contribution in [0.5, 0.6) is 0 Å². The number of benzene rings is 6. The van der Waals surface area contributed by atoms with Gasteiger partial charge in [0, 0.05) is 0 Å². The van der Waals surface area contributed by atoms with Crippen LogP contribution in [0.1, 0.15) is 0 Å². The summed E-state index contributed by atoms with van der Waals surface area (Å²) in [6.45, 7) is 0. The van der Waals surface area contributed by atoms with Gasteiger partial charge in [0.25, 0.3) is 0 Å². The summed E-state index contributed by atoms with van der Waals surface area (Å²) in [5.74, 6) is 0.758. The molecular formula is C36H22N2Te. The predicted octanol–water partition coefficient (Wildman–Crippen LogP) is 9.15. The quantitative estimate of drug-likeness (QED) is 0.147. The Labute approximate surface area is 235 Å². The first kappa shape index (κ1) is 22.7. The molecule has 0 saturated heterocycles. The van der Waals surface area contributed by atoms with Crippen molar-refractivity contribution in [1.29, 1.82) is 0 Å². The van der Waals surface area contributed by atoms with Crippen molar-refractivity contribution in [2.45, 2.75) is 0 Å². The van der Waals surface area contributed by atoms with Crippen LogP contribution in [0.3, 0.4) is 0 Å². The zero-order valence-electron chi connectivity index (χ0n) is 21.0. The Hall–Kier alpha value is -4.29. The molecule has 182 valence electrons. The Balaban J connectivity index is 1.39. The molecule has 8 rings (SSSR count). The normalized spacial score (nSPS) is 11.6. The minimum atomic E-state index is -0.392. The van der Waals surface area contributed by atoms with Crippen molar-refractivity contribution in [3.63, 3.8) is 0 Å². The van der Waals surface area contributed by atoms with Gasteiger partial charge in [0.2, 0.25) is 0 Å². The van der Waals surface area contributed by atoms with E-state index in [2.05, 4.69) is 127 Å². The second-order valence-electron chi connectivity index (χ2n) is 9.80. The fraction of sp³-hybridized carbons (Fsp3) is 0. The van der Waals surface area contributed by atoms with Crippen LogP contribution in [-0.2, 0) is 0 Å². The first-order valence-electron chi connectivity index (χ1n) is 13.1. The maximum atomic E-state index is 5.25. The fourth-order valence-electron chi connectivity index (χ4n) is 5.62. The van der Waals surface area contributed by atoms with Crippen molar-refractivity contribution in [1.82, 2.24) is 9.97 Å². The van der Waals surface area contributed by atoms with E-state index in [0.717, 1.165) is 38.9 Å². The molecule has 2 heterocycles. The van der Waals surface area contributed by atoms with Gasteiger partial charge in [-0.05, 0) is 0 Å². The van der Waals surface area contributed by atoms with Crippen LogP contribution >= 0.6 is 0 Å². The zero-order chi connectivity index (χ0) is 25.8. The summed E-state index contributed by atoms with van der Waals surface area (Å²) in [7, 11) is 0. The first-order valence-corrected chi connectivity index (χ1v) is 15.4. The Morgan fingerprint density at radius 3 is 2.03 bits per heavy atom. The summed E-state index contributed by atoms with van der Waals surface area (Å²) in [5.41, 5.74) is 6.50. The molecule has 0 aliphatic rings. The van der Waals surface area contributed by atoms with E-state index < -0.39 is 20.4 Å². The molecule has 0 spiro atoms. The van der Waals surface area contributed by atoms with Crippen molar-refractivity contribution in [2.24, 2.45) is 0 Å². The summed E-state index contributed by atoms with van der Waals surface area (Å²) in [5, 5.41) is 6.21. The molecule has 2 aromatic heterocycles. The average molecular weight is 610 g/mol. The molecular weight excluding hydrogens is 588 g/mol. The second-order valence-corrected chi connectivity index (χ2v) is 12.9. The van der Waals surface area contributed by atoms with Gasteiger partial charge >= 0.3 is 237 Å². The van der Waals surface area contributed by atoms with Crippen molar-refractivity contribution in [2.75, 3.05) is 0 Å². The van der Waals surface area contributed by atoms with E-state index in [9.17, 15) is 0 Å². The molecule has 0 N–H and O–H groups in total. The van der Waals surface area contributed by atoms with Gasteiger partial charge in [-0.15, -0.1) is 0 Å². The van der Waals surface area contributed by atoms with Crippen LogP contribution in [0.15, 0.2) is 133 Å². The van der Waals surface area contributed by atoms with Crippen molar-refractivity contribution < 1.29 is 0 Å². The molecule has 39 heavy (non-hydrogen) atoms. The molecule has 3 heteroatoms. The molecule has 0 atom stereocenters. The van der Waals surface area contributed by atoms with Gasteiger partial charge in [0.05, 0.1) is 0 Å².